The average Bonchev–Trinajstić information content (AvgIpc) is 3.33. The summed E-state index contributed by atoms with van der Waals surface area (Å²) in [5, 5.41) is 0.777. The summed E-state index contributed by atoms with van der Waals surface area (Å²) in [4.78, 5) is 49.1. The zero-order chi connectivity index (χ0) is 25.0. The van der Waals surface area contributed by atoms with E-state index < -0.39 is 17.4 Å². The molecular weight excluding hydrogens is 485 g/mol. The summed E-state index contributed by atoms with van der Waals surface area (Å²) in [6.07, 6.45) is 2.70. The number of rotatable bonds is 3. The molecule has 0 spiro atoms. The predicted octanol–water partition coefficient (Wildman–Crippen LogP) is 3.85. The first-order valence-electron chi connectivity index (χ1n) is 11.4. The standard InChI is InChI=1S/C25H19ClFN7O2/c1-13-30-21-20(24(35)29-12-28-21)23(31-13)33-10-4-9-18(33)22-32-17-8-3-7-16(26)19(17)25(36)34(22)15-6-2-5-14(27)11-15/h2-3,5-8,11-12,18H,4,9-10H2,1H3,(H,28,29,30,31,35)/t18-/m0/s1. The number of nitrogens with zero attached hydrogens (tertiary/aromatic N) is 6. The third kappa shape index (κ3) is 3.53. The summed E-state index contributed by atoms with van der Waals surface area (Å²) >= 11 is 6.39. The van der Waals surface area contributed by atoms with E-state index >= 15 is 0 Å². The Morgan fingerprint density at radius 2 is 1.92 bits per heavy atom. The summed E-state index contributed by atoms with van der Waals surface area (Å²) < 4.78 is 15.7. The van der Waals surface area contributed by atoms with E-state index in [0.29, 0.717) is 41.6 Å². The van der Waals surface area contributed by atoms with Gasteiger partial charge in [-0.2, -0.15) is 0 Å². The van der Waals surface area contributed by atoms with Gasteiger partial charge in [-0.25, -0.2) is 24.3 Å². The van der Waals surface area contributed by atoms with E-state index in [9.17, 15) is 14.0 Å². The molecule has 1 aliphatic rings. The van der Waals surface area contributed by atoms with Gasteiger partial charge in [0.1, 0.15) is 28.7 Å². The van der Waals surface area contributed by atoms with Crippen LogP contribution in [-0.4, -0.2) is 36.0 Å². The highest BCUT2D eigenvalue weighted by molar-refractivity contribution is 6.35. The quantitative estimate of drug-likeness (QED) is 0.398. The van der Waals surface area contributed by atoms with Crippen molar-refractivity contribution in [3.63, 3.8) is 0 Å². The number of hydrogen-bond donors (Lipinski definition) is 1. The number of hydrogen-bond acceptors (Lipinski definition) is 7. The van der Waals surface area contributed by atoms with Crippen LogP contribution in [0.25, 0.3) is 27.6 Å². The lowest BCUT2D eigenvalue weighted by atomic mass is 10.1. The highest BCUT2D eigenvalue weighted by Gasteiger charge is 2.34. The molecule has 5 aromatic rings. The first-order chi connectivity index (χ1) is 17.4. The van der Waals surface area contributed by atoms with Crippen molar-refractivity contribution in [1.82, 2.24) is 29.5 Å². The molecule has 11 heteroatoms. The monoisotopic (exact) mass is 503 g/mol. The molecule has 1 fully saturated rings. The Labute approximate surface area is 208 Å². The zero-order valence-corrected chi connectivity index (χ0v) is 19.8. The Hall–Kier alpha value is -4.18. The molecule has 3 aromatic heterocycles. The normalized spacial score (nSPS) is 15.8. The number of aromatic amines is 1. The van der Waals surface area contributed by atoms with Crippen LogP contribution < -0.4 is 16.0 Å². The molecule has 1 saturated heterocycles. The van der Waals surface area contributed by atoms with Crippen LogP contribution >= 0.6 is 11.6 Å². The van der Waals surface area contributed by atoms with E-state index in [4.69, 9.17) is 16.6 Å². The summed E-state index contributed by atoms with van der Waals surface area (Å²) in [6.45, 7) is 2.30. The topological polar surface area (TPSA) is 110 Å². The van der Waals surface area contributed by atoms with Crippen LogP contribution in [0, 0.1) is 12.7 Å². The molecule has 2 aromatic carbocycles. The number of H-pyrrole nitrogens is 1. The Morgan fingerprint density at radius 3 is 2.75 bits per heavy atom. The molecule has 1 atom stereocenters. The van der Waals surface area contributed by atoms with Crippen LogP contribution in [0.5, 0.6) is 0 Å². The summed E-state index contributed by atoms with van der Waals surface area (Å²) in [5.74, 6) is 0.799. The highest BCUT2D eigenvalue weighted by atomic mass is 35.5. The molecule has 36 heavy (non-hydrogen) atoms. The van der Waals surface area contributed by atoms with E-state index in [1.807, 2.05) is 4.90 Å². The Kier molecular flexibility index (Phi) is 5.26. The lowest BCUT2D eigenvalue weighted by Crippen LogP contribution is -2.33. The maximum absolute atomic E-state index is 14.3. The Morgan fingerprint density at radius 1 is 1.08 bits per heavy atom. The van der Waals surface area contributed by atoms with Crippen molar-refractivity contribution in [2.75, 3.05) is 11.4 Å². The van der Waals surface area contributed by atoms with E-state index in [-0.39, 0.29) is 27.0 Å². The van der Waals surface area contributed by atoms with E-state index in [0.717, 1.165) is 6.42 Å². The van der Waals surface area contributed by atoms with Gasteiger partial charge in [0.2, 0.25) is 0 Å². The number of fused-ring (bicyclic) bond motifs is 2. The van der Waals surface area contributed by atoms with Crippen LogP contribution in [0.2, 0.25) is 5.02 Å². The van der Waals surface area contributed by atoms with Crippen molar-refractivity contribution in [3.05, 3.63) is 92.0 Å². The molecule has 1 N–H and O–H groups in total. The summed E-state index contributed by atoms with van der Waals surface area (Å²) in [7, 11) is 0. The molecule has 0 amide bonds. The van der Waals surface area contributed by atoms with Gasteiger partial charge in [-0.15, -0.1) is 0 Å². The molecule has 1 aliphatic heterocycles. The van der Waals surface area contributed by atoms with E-state index in [1.54, 1.807) is 31.2 Å². The molecule has 0 radical (unpaired) electrons. The molecular formula is C25H19ClFN7O2. The maximum atomic E-state index is 14.3. The molecule has 0 aliphatic carbocycles. The van der Waals surface area contributed by atoms with Crippen molar-refractivity contribution in [2.24, 2.45) is 0 Å². The van der Waals surface area contributed by atoms with Gasteiger partial charge in [-0.3, -0.25) is 14.2 Å². The minimum Gasteiger partial charge on any atom is -0.346 e. The lowest BCUT2D eigenvalue weighted by molar-refractivity contribution is 0.616. The minimum absolute atomic E-state index is 0.251. The minimum atomic E-state index is -0.483. The van der Waals surface area contributed by atoms with Crippen molar-refractivity contribution in [2.45, 2.75) is 25.8 Å². The number of aromatic nitrogens is 6. The van der Waals surface area contributed by atoms with Gasteiger partial charge in [-0.05, 0) is 50.1 Å². The fourth-order valence-corrected chi connectivity index (χ4v) is 5.11. The SMILES string of the molecule is Cc1nc(N2CCC[C@H]2c2nc3cccc(Cl)c3c(=O)n2-c2cccc(F)c2)c2c(=O)[nH]cnc2n1. The second-order valence-corrected chi connectivity index (χ2v) is 9.01. The van der Waals surface area contributed by atoms with Crippen LogP contribution in [0.15, 0.2) is 58.4 Å². The van der Waals surface area contributed by atoms with Gasteiger partial charge in [0.05, 0.1) is 34.0 Å². The first-order valence-corrected chi connectivity index (χ1v) is 11.8. The number of anilines is 1. The van der Waals surface area contributed by atoms with Crippen molar-refractivity contribution < 1.29 is 4.39 Å². The molecule has 0 bridgehead atoms. The third-order valence-electron chi connectivity index (χ3n) is 6.35. The summed E-state index contributed by atoms with van der Waals surface area (Å²) in [6, 6.07) is 10.4. The van der Waals surface area contributed by atoms with Gasteiger partial charge in [0, 0.05) is 6.54 Å². The fraction of sp³-hybridized carbons (Fsp3) is 0.200. The van der Waals surface area contributed by atoms with Gasteiger partial charge in [0.15, 0.2) is 5.65 Å². The van der Waals surface area contributed by atoms with Crippen LogP contribution in [-0.2, 0) is 0 Å². The number of aryl methyl sites for hydroxylation is 1. The Balaban J connectivity index is 1.64. The fourth-order valence-electron chi connectivity index (χ4n) is 4.86. The zero-order valence-electron chi connectivity index (χ0n) is 19.1. The largest absolute Gasteiger partial charge is 0.346 e. The molecule has 6 rings (SSSR count). The van der Waals surface area contributed by atoms with E-state index in [1.165, 1.54) is 29.1 Å². The second-order valence-electron chi connectivity index (χ2n) is 8.60. The molecule has 180 valence electrons. The van der Waals surface area contributed by atoms with Crippen LogP contribution in [0.4, 0.5) is 10.2 Å². The highest BCUT2D eigenvalue weighted by Crippen LogP contribution is 2.37. The average molecular weight is 504 g/mol. The second kappa shape index (κ2) is 8.49. The van der Waals surface area contributed by atoms with Crippen molar-refractivity contribution in [3.8, 4) is 5.69 Å². The van der Waals surface area contributed by atoms with Crippen molar-refractivity contribution in [1.29, 1.82) is 0 Å². The molecule has 0 unspecified atom stereocenters. The number of benzene rings is 2. The van der Waals surface area contributed by atoms with Gasteiger partial charge in [0.25, 0.3) is 11.1 Å². The summed E-state index contributed by atoms with van der Waals surface area (Å²) in [5.41, 5.74) is 0.292. The Bertz CT molecular complexity index is 1790. The smallest absolute Gasteiger partial charge is 0.267 e. The lowest BCUT2D eigenvalue weighted by Gasteiger charge is -2.28. The third-order valence-corrected chi connectivity index (χ3v) is 6.67. The van der Waals surface area contributed by atoms with Crippen molar-refractivity contribution >= 4 is 39.4 Å². The maximum Gasteiger partial charge on any atom is 0.267 e. The van der Waals surface area contributed by atoms with Gasteiger partial charge < -0.3 is 9.88 Å². The molecule has 9 nitrogen and oxygen atoms in total. The van der Waals surface area contributed by atoms with Crippen LogP contribution in [0.3, 0.4) is 0 Å². The number of halogens is 2. The van der Waals surface area contributed by atoms with E-state index in [2.05, 4.69) is 19.9 Å². The first kappa shape index (κ1) is 22.3. The van der Waals surface area contributed by atoms with Gasteiger partial charge >= 0.3 is 0 Å². The van der Waals surface area contributed by atoms with Crippen LogP contribution in [0.1, 0.15) is 30.5 Å². The predicted molar refractivity (Wildman–Crippen MR) is 134 cm³/mol. The molecule has 4 heterocycles. The molecule has 0 saturated carbocycles. The number of nitrogens with one attached hydrogen (secondary N) is 1. The van der Waals surface area contributed by atoms with Gasteiger partial charge in [-0.1, -0.05) is 23.7 Å².